The van der Waals surface area contributed by atoms with Crippen molar-refractivity contribution in [3.8, 4) is 0 Å². The first kappa shape index (κ1) is 59.8. The fourth-order valence-corrected chi connectivity index (χ4v) is 9.86. The van der Waals surface area contributed by atoms with Crippen LogP contribution in [0.5, 0.6) is 0 Å². The van der Waals surface area contributed by atoms with Gasteiger partial charge < -0.3 is 44.8 Å². The van der Waals surface area contributed by atoms with Crippen molar-refractivity contribution in [1.82, 2.24) is 0 Å². The maximum absolute atomic E-state index is 13.3. The van der Waals surface area contributed by atoms with Crippen LogP contribution in [0.3, 0.4) is 0 Å². The van der Waals surface area contributed by atoms with Gasteiger partial charge in [0.1, 0.15) is 18.3 Å². The molecule has 4 aliphatic rings. The minimum absolute atomic E-state index is 0.0358. The molecule has 0 aromatic heterocycles. The van der Waals surface area contributed by atoms with E-state index in [0.717, 1.165) is 27.9 Å². The summed E-state index contributed by atoms with van der Waals surface area (Å²) >= 11 is 0. The zero-order valence-electron chi connectivity index (χ0n) is 42.4. The minimum Gasteiger partial charge on any atom is -0.505 e. The molecule has 0 spiro atoms. The molecule has 0 bridgehead atoms. The lowest BCUT2D eigenvalue weighted by atomic mass is 9.71. The molecule has 0 saturated heterocycles. The molecule has 0 saturated carbocycles. The number of hydrogen-bond donors (Lipinski definition) is 7. The van der Waals surface area contributed by atoms with Crippen molar-refractivity contribution in [3.05, 3.63) is 153 Å². The summed E-state index contributed by atoms with van der Waals surface area (Å²) in [5.74, 6) is -7.07. The van der Waals surface area contributed by atoms with Gasteiger partial charge in [-0.3, -0.25) is 27.7 Å². The van der Waals surface area contributed by atoms with Crippen LogP contribution in [-0.4, -0.2) is 103 Å². The Hall–Kier alpha value is -5.72. The van der Waals surface area contributed by atoms with Gasteiger partial charge in [-0.15, -0.1) is 0 Å². The van der Waals surface area contributed by atoms with Crippen molar-refractivity contribution in [2.75, 3.05) is 13.2 Å². The van der Waals surface area contributed by atoms with E-state index >= 15 is 0 Å². The highest BCUT2D eigenvalue weighted by molar-refractivity contribution is 7.47. The number of allylic oxidation sites excluding steroid dienone is 20. The van der Waals surface area contributed by atoms with Gasteiger partial charge in [0.05, 0.1) is 13.2 Å². The van der Waals surface area contributed by atoms with E-state index in [4.69, 9.17) is 22.8 Å². The zero-order chi connectivity index (χ0) is 54.8. The van der Waals surface area contributed by atoms with Gasteiger partial charge >= 0.3 is 27.6 Å². The number of carbonyl (C=O) groups excluding carboxylic acids is 4. The molecule has 0 fully saturated rings. The second-order valence-corrected chi connectivity index (χ2v) is 22.0. The van der Waals surface area contributed by atoms with Crippen molar-refractivity contribution in [2.45, 2.75) is 119 Å². The Kier molecular flexibility index (Phi) is 20.5. The van der Waals surface area contributed by atoms with Gasteiger partial charge in [-0.2, -0.15) is 0 Å². The number of aliphatic hydroxyl groups excluding tert-OH is 5. The molecule has 19 nitrogen and oxygen atoms in total. The SMILES string of the molecule is CC1=C(/C=C/C(C)=C/C=C/C(C)=C/C=C/C=C(C)/C=C/C=C(C)/C=C/C2=C(C)C(=O)C(OP(=O)(O)OC[C@H](O)[C@H]3OC(=O)C(O)=C3O)CC2(C)C)C(C)(C)CC(OP(=O)(O)OCC[C@H]2OC(=O)C(O)=C2O)C1=O. The Bertz CT molecular complexity index is 2710. The van der Waals surface area contributed by atoms with E-state index in [0.29, 0.717) is 16.7 Å². The lowest BCUT2D eigenvalue weighted by molar-refractivity contribution is -0.147. The molecular formula is C52H66O19P2. The third-order valence-corrected chi connectivity index (χ3v) is 14.1. The van der Waals surface area contributed by atoms with Crippen LogP contribution >= 0.6 is 15.6 Å². The third kappa shape index (κ3) is 16.6. The first-order valence-corrected chi connectivity index (χ1v) is 26.1. The van der Waals surface area contributed by atoms with Gasteiger partial charge in [-0.25, -0.2) is 18.7 Å². The van der Waals surface area contributed by atoms with Gasteiger partial charge in [-0.05, 0) is 87.5 Å². The molecule has 0 aromatic rings. The lowest BCUT2D eigenvalue weighted by Crippen LogP contribution is -2.37. The average Bonchev–Trinajstić information content (AvgIpc) is 3.69. The number of phosphoric ester groups is 2. The zero-order valence-corrected chi connectivity index (χ0v) is 44.2. The van der Waals surface area contributed by atoms with Crippen molar-refractivity contribution in [3.63, 3.8) is 0 Å². The maximum Gasteiger partial charge on any atom is 0.472 e. The number of phosphoric acid groups is 2. The van der Waals surface area contributed by atoms with Gasteiger partial charge in [0.15, 0.2) is 35.3 Å². The summed E-state index contributed by atoms with van der Waals surface area (Å²) in [7, 11) is -9.67. The maximum atomic E-state index is 13.3. The highest BCUT2D eigenvalue weighted by Crippen LogP contribution is 2.51. The number of hydrogen-bond acceptors (Lipinski definition) is 17. The Balaban J connectivity index is 1.26. The first-order valence-electron chi connectivity index (χ1n) is 23.1. The molecule has 0 amide bonds. The predicted octanol–water partition coefficient (Wildman–Crippen LogP) is 9.45. The number of carbonyl (C=O) groups is 4. The van der Waals surface area contributed by atoms with Gasteiger partial charge in [0.25, 0.3) is 0 Å². The van der Waals surface area contributed by atoms with Crippen LogP contribution in [-0.2, 0) is 55.9 Å². The largest absolute Gasteiger partial charge is 0.505 e. The number of ketones is 2. The van der Waals surface area contributed by atoms with Crippen LogP contribution in [0.25, 0.3) is 0 Å². The first-order chi connectivity index (χ1) is 33.9. The monoisotopic (exact) mass is 1060 g/mol. The summed E-state index contributed by atoms with van der Waals surface area (Å²) in [5.41, 5.74) is 4.65. The molecule has 7 N–H and O–H groups in total. The Morgan fingerprint density at radius 2 is 1.03 bits per heavy atom. The Morgan fingerprint density at radius 1 is 0.630 bits per heavy atom. The molecule has 21 heteroatoms. The van der Waals surface area contributed by atoms with Crippen LogP contribution in [0.4, 0.5) is 0 Å². The van der Waals surface area contributed by atoms with Crippen LogP contribution in [0.15, 0.2) is 153 Å². The van der Waals surface area contributed by atoms with Gasteiger partial charge in [0, 0.05) is 6.42 Å². The summed E-state index contributed by atoms with van der Waals surface area (Å²) in [6, 6.07) is 0. The van der Waals surface area contributed by atoms with E-state index in [9.17, 15) is 63.6 Å². The third-order valence-electron chi connectivity index (χ3n) is 12.1. The normalized spacial score (nSPS) is 25.9. The summed E-state index contributed by atoms with van der Waals surface area (Å²) in [5, 5.41) is 48.5. The van der Waals surface area contributed by atoms with Gasteiger partial charge in [-0.1, -0.05) is 135 Å². The Labute approximate surface area is 424 Å². The van der Waals surface area contributed by atoms with E-state index < -0.39 is 117 Å². The van der Waals surface area contributed by atoms with Crippen molar-refractivity contribution >= 4 is 39.2 Å². The summed E-state index contributed by atoms with van der Waals surface area (Å²) in [6.07, 6.45) is 19.2. The molecular weight excluding hydrogens is 991 g/mol. The molecule has 4 unspecified atom stereocenters. The van der Waals surface area contributed by atoms with E-state index in [2.05, 4.69) is 4.74 Å². The summed E-state index contributed by atoms with van der Waals surface area (Å²) in [6.45, 7) is 17.1. The highest BCUT2D eigenvalue weighted by atomic mass is 31.2. The number of aliphatic hydroxyl groups is 5. The van der Waals surface area contributed by atoms with Crippen molar-refractivity contribution in [2.24, 2.45) is 10.8 Å². The smallest absolute Gasteiger partial charge is 0.472 e. The number of ether oxygens (including phenoxy) is 2. The van der Waals surface area contributed by atoms with Crippen LogP contribution in [0, 0.1) is 10.8 Å². The van der Waals surface area contributed by atoms with E-state index in [1.54, 1.807) is 13.8 Å². The molecule has 7 atom stereocenters. The average molecular weight is 1060 g/mol. The molecule has 398 valence electrons. The van der Waals surface area contributed by atoms with Crippen LogP contribution in [0.1, 0.15) is 88.5 Å². The summed E-state index contributed by atoms with van der Waals surface area (Å²) in [4.78, 5) is 70.0. The molecule has 73 heavy (non-hydrogen) atoms. The molecule has 0 aromatic carbocycles. The highest BCUT2D eigenvalue weighted by Gasteiger charge is 2.45. The molecule has 2 aliphatic carbocycles. The molecule has 0 radical (unpaired) electrons. The second-order valence-electron chi connectivity index (χ2n) is 19.2. The van der Waals surface area contributed by atoms with E-state index in [1.807, 2.05) is 140 Å². The second kappa shape index (κ2) is 25.0. The lowest BCUT2D eigenvalue weighted by Gasteiger charge is -2.36. The Morgan fingerprint density at radius 3 is 1.44 bits per heavy atom. The van der Waals surface area contributed by atoms with Crippen LogP contribution in [0.2, 0.25) is 0 Å². The molecule has 2 aliphatic heterocycles. The molecule has 2 heterocycles. The van der Waals surface area contributed by atoms with E-state index in [1.165, 1.54) is 0 Å². The number of esters is 2. The number of cyclic esters (lactones) is 2. The predicted molar refractivity (Wildman–Crippen MR) is 269 cm³/mol. The number of rotatable bonds is 22. The fraction of sp³-hybridized carbons (Fsp3) is 0.423. The minimum atomic E-state index is -4.93. The fourth-order valence-electron chi connectivity index (χ4n) is 8.07. The molecule has 4 rings (SSSR count). The quantitative estimate of drug-likeness (QED) is 0.0302. The van der Waals surface area contributed by atoms with Crippen LogP contribution < -0.4 is 0 Å². The standard InChI is InChI=1S/C52H66O19P2/c1-30(17-13-19-32(3)21-23-36-34(5)42(54)40(27-51(36,7)8)70-72(62,63)66-26-25-39-44(56)46(58)49(60)68-39)15-11-12-16-31(2)18-14-20-33(4)22-24-37-35(6)43(55)41(28-52(37,9)10)71-73(64,65)67-29-38(53)48-45(57)47(59)50(61)69-48/h11-24,38-41,48,53,56-59H,25-29H2,1-10H3,(H,62,63)(H,64,65)/b12-11+,17-13+,18-14+,23-21+,24-22+,30-15+,31-16+,32-19+,33-20+/t38-,39+,40?,41?,48+/m0/s1. The van der Waals surface area contributed by atoms with Crippen molar-refractivity contribution in [1.29, 1.82) is 0 Å². The van der Waals surface area contributed by atoms with Gasteiger partial charge in [0.2, 0.25) is 11.5 Å². The van der Waals surface area contributed by atoms with E-state index in [-0.39, 0.29) is 19.3 Å². The number of Topliss-reactive ketones (excluding diaryl/α,β-unsaturated/α-hetero) is 2. The topological polar surface area (TPSA) is 299 Å². The summed E-state index contributed by atoms with van der Waals surface area (Å²) < 4.78 is 55.1. The van der Waals surface area contributed by atoms with Crippen molar-refractivity contribution < 1.29 is 91.2 Å².